The first-order valence-corrected chi connectivity index (χ1v) is 12.5. The molecule has 7 nitrogen and oxygen atoms in total. The van der Waals surface area contributed by atoms with Crippen molar-refractivity contribution in [2.75, 3.05) is 4.90 Å². The summed E-state index contributed by atoms with van der Waals surface area (Å²) in [4.78, 5) is 26.5. The molecule has 3 aromatic rings. The van der Waals surface area contributed by atoms with Crippen LogP contribution in [-0.4, -0.2) is 33.0 Å². The van der Waals surface area contributed by atoms with Gasteiger partial charge in [-0.2, -0.15) is 0 Å². The molecule has 1 amide bonds. The standard InChI is InChI=1S/C29H33N3O4/c1-20(2)32(28(33)24-15-9-21(3)10-16-24)27-26(36-29(34)35)19-31(30-27)25-17-13-23(14-18-25)12-11-22-7-5-4-6-8-22/h4-8,11-14,17-21,24H,9-10,15-16H2,1-3H3,(H,34,35)/b12-11+. The Kier molecular flexibility index (Phi) is 7.88. The average Bonchev–Trinajstić information content (AvgIpc) is 3.26. The van der Waals surface area contributed by atoms with Gasteiger partial charge in [0.25, 0.3) is 0 Å². The van der Waals surface area contributed by atoms with E-state index in [0.29, 0.717) is 5.92 Å². The summed E-state index contributed by atoms with van der Waals surface area (Å²) in [6.07, 6.45) is 7.83. The van der Waals surface area contributed by atoms with Crippen LogP contribution in [0.2, 0.25) is 0 Å². The molecular weight excluding hydrogens is 454 g/mol. The van der Waals surface area contributed by atoms with Crippen molar-refractivity contribution in [2.24, 2.45) is 11.8 Å². The Morgan fingerprint density at radius 3 is 2.19 bits per heavy atom. The first-order chi connectivity index (χ1) is 17.3. The number of rotatable bonds is 7. The van der Waals surface area contributed by atoms with Crippen LogP contribution in [0.25, 0.3) is 17.8 Å². The topological polar surface area (TPSA) is 84.7 Å². The lowest BCUT2D eigenvalue weighted by atomic mass is 9.82. The van der Waals surface area contributed by atoms with Crippen LogP contribution in [0.15, 0.2) is 60.8 Å². The van der Waals surface area contributed by atoms with Gasteiger partial charge < -0.3 is 9.84 Å². The predicted molar refractivity (Wildman–Crippen MR) is 141 cm³/mol. The van der Waals surface area contributed by atoms with Gasteiger partial charge in [0.1, 0.15) is 0 Å². The number of hydrogen-bond acceptors (Lipinski definition) is 4. The zero-order valence-electron chi connectivity index (χ0n) is 21.0. The molecule has 1 aliphatic carbocycles. The van der Waals surface area contributed by atoms with Gasteiger partial charge in [0.05, 0.1) is 11.9 Å². The molecule has 0 spiro atoms. The van der Waals surface area contributed by atoms with Crippen molar-refractivity contribution in [2.45, 2.75) is 52.5 Å². The third-order valence-corrected chi connectivity index (χ3v) is 6.63. The molecule has 0 atom stereocenters. The van der Waals surface area contributed by atoms with Crippen LogP contribution in [0.1, 0.15) is 57.6 Å². The summed E-state index contributed by atoms with van der Waals surface area (Å²) < 4.78 is 6.63. The highest BCUT2D eigenvalue weighted by molar-refractivity contribution is 5.96. The van der Waals surface area contributed by atoms with Crippen LogP contribution >= 0.6 is 0 Å². The minimum atomic E-state index is -1.44. The molecule has 36 heavy (non-hydrogen) atoms. The highest BCUT2D eigenvalue weighted by Crippen LogP contribution is 2.35. The lowest BCUT2D eigenvalue weighted by Crippen LogP contribution is -2.42. The smallest absolute Gasteiger partial charge is 0.449 e. The second kappa shape index (κ2) is 11.2. The van der Waals surface area contributed by atoms with Gasteiger partial charge in [-0.05, 0) is 68.7 Å². The summed E-state index contributed by atoms with van der Waals surface area (Å²) in [6.45, 7) is 6.02. The van der Waals surface area contributed by atoms with Crippen molar-refractivity contribution in [1.29, 1.82) is 0 Å². The fourth-order valence-electron chi connectivity index (χ4n) is 4.62. The Hall–Kier alpha value is -3.87. The molecule has 0 bridgehead atoms. The molecule has 0 radical (unpaired) electrons. The van der Waals surface area contributed by atoms with Gasteiger partial charge in [-0.15, -0.1) is 5.10 Å². The molecule has 0 unspecified atom stereocenters. The molecule has 1 saturated carbocycles. The van der Waals surface area contributed by atoms with Crippen LogP contribution in [0, 0.1) is 11.8 Å². The van der Waals surface area contributed by atoms with Gasteiger partial charge in [0, 0.05) is 12.0 Å². The normalized spacial score (nSPS) is 17.9. The molecule has 0 aliphatic heterocycles. The number of nitrogens with zero attached hydrogens (tertiary/aromatic N) is 3. The van der Waals surface area contributed by atoms with Gasteiger partial charge in [0.2, 0.25) is 11.7 Å². The molecule has 1 aliphatic rings. The first kappa shape index (κ1) is 25.2. The molecule has 1 aromatic heterocycles. The van der Waals surface area contributed by atoms with E-state index >= 15 is 0 Å². The highest BCUT2D eigenvalue weighted by atomic mass is 16.7. The van der Waals surface area contributed by atoms with Crippen molar-refractivity contribution in [3.05, 3.63) is 71.9 Å². The SMILES string of the molecule is CC1CCC(C(=O)N(c2nn(-c3ccc(/C=C/c4ccccc4)cc3)cc2OC(=O)O)C(C)C)CC1. The fraction of sp³-hybridized carbons (Fsp3) is 0.345. The first-order valence-electron chi connectivity index (χ1n) is 12.5. The number of carbonyl (C=O) groups excluding carboxylic acids is 1. The summed E-state index contributed by atoms with van der Waals surface area (Å²) >= 11 is 0. The minimum absolute atomic E-state index is 0.0289. The van der Waals surface area contributed by atoms with Crippen molar-refractivity contribution < 1.29 is 19.4 Å². The quantitative estimate of drug-likeness (QED) is 0.297. The summed E-state index contributed by atoms with van der Waals surface area (Å²) in [5, 5.41) is 14.0. The Bertz CT molecular complexity index is 1210. The second-order valence-electron chi connectivity index (χ2n) is 9.72. The maximum Gasteiger partial charge on any atom is 0.511 e. The Morgan fingerprint density at radius 2 is 1.61 bits per heavy atom. The van der Waals surface area contributed by atoms with Crippen molar-refractivity contribution in [3.63, 3.8) is 0 Å². The summed E-state index contributed by atoms with van der Waals surface area (Å²) in [5.41, 5.74) is 2.86. The predicted octanol–water partition coefficient (Wildman–Crippen LogP) is 6.67. The van der Waals surface area contributed by atoms with E-state index < -0.39 is 6.16 Å². The van der Waals surface area contributed by atoms with E-state index in [2.05, 4.69) is 12.0 Å². The molecule has 1 heterocycles. The lowest BCUT2D eigenvalue weighted by Gasteiger charge is -2.32. The van der Waals surface area contributed by atoms with E-state index in [1.54, 1.807) is 9.58 Å². The summed E-state index contributed by atoms with van der Waals surface area (Å²) in [5.74, 6) is 0.768. The zero-order chi connectivity index (χ0) is 25.7. The number of ether oxygens (including phenoxy) is 1. The van der Waals surface area contributed by atoms with E-state index in [-0.39, 0.29) is 29.4 Å². The number of aromatic nitrogens is 2. The maximum absolute atomic E-state index is 13.5. The Balaban J connectivity index is 1.61. The summed E-state index contributed by atoms with van der Waals surface area (Å²) in [7, 11) is 0. The van der Waals surface area contributed by atoms with Crippen LogP contribution < -0.4 is 9.64 Å². The molecule has 7 heteroatoms. The number of carbonyl (C=O) groups is 2. The van der Waals surface area contributed by atoms with Crippen molar-refractivity contribution >= 4 is 30.0 Å². The molecule has 1 N–H and O–H groups in total. The lowest BCUT2D eigenvalue weighted by molar-refractivity contribution is -0.124. The molecule has 4 rings (SSSR count). The van der Waals surface area contributed by atoms with E-state index in [9.17, 15) is 14.7 Å². The van der Waals surface area contributed by atoms with E-state index in [4.69, 9.17) is 4.74 Å². The van der Waals surface area contributed by atoms with E-state index in [1.807, 2.05) is 80.6 Å². The van der Waals surface area contributed by atoms with E-state index in [1.165, 1.54) is 6.20 Å². The Labute approximate surface area is 212 Å². The second-order valence-corrected chi connectivity index (χ2v) is 9.72. The number of benzene rings is 2. The van der Waals surface area contributed by atoms with Gasteiger partial charge >= 0.3 is 6.16 Å². The van der Waals surface area contributed by atoms with Gasteiger partial charge in [0.15, 0.2) is 5.75 Å². The van der Waals surface area contributed by atoms with Crippen LogP contribution in [0.4, 0.5) is 10.6 Å². The van der Waals surface area contributed by atoms with E-state index in [0.717, 1.165) is 42.5 Å². The monoisotopic (exact) mass is 487 g/mol. The van der Waals surface area contributed by atoms with Gasteiger partial charge in [-0.25, -0.2) is 9.48 Å². The van der Waals surface area contributed by atoms with Crippen LogP contribution in [0.5, 0.6) is 5.75 Å². The molecule has 188 valence electrons. The third-order valence-electron chi connectivity index (χ3n) is 6.63. The third kappa shape index (κ3) is 6.03. The largest absolute Gasteiger partial charge is 0.511 e. The molecule has 0 saturated heterocycles. The average molecular weight is 488 g/mol. The van der Waals surface area contributed by atoms with Crippen LogP contribution in [-0.2, 0) is 4.79 Å². The van der Waals surface area contributed by atoms with Gasteiger partial charge in [-0.1, -0.05) is 61.5 Å². The number of amides is 1. The number of carboxylic acid groups (broad SMARTS) is 1. The van der Waals surface area contributed by atoms with Gasteiger partial charge in [-0.3, -0.25) is 9.69 Å². The fourth-order valence-corrected chi connectivity index (χ4v) is 4.62. The highest BCUT2D eigenvalue weighted by Gasteiger charge is 2.34. The van der Waals surface area contributed by atoms with Crippen LogP contribution in [0.3, 0.4) is 0 Å². The molecule has 1 fully saturated rings. The zero-order valence-corrected chi connectivity index (χ0v) is 21.0. The minimum Gasteiger partial charge on any atom is -0.449 e. The molecular formula is C29H33N3O4. The van der Waals surface area contributed by atoms with Crippen molar-refractivity contribution in [1.82, 2.24) is 9.78 Å². The van der Waals surface area contributed by atoms with Crippen molar-refractivity contribution in [3.8, 4) is 11.4 Å². The Morgan fingerprint density at radius 1 is 1.00 bits per heavy atom. The summed E-state index contributed by atoms with van der Waals surface area (Å²) in [6, 6.07) is 17.6. The molecule has 2 aromatic carbocycles. The number of hydrogen-bond donors (Lipinski definition) is 1. The number of anilines is 1. The maximum atomic E-state index is 13.5.